The van der Waals surface area contributed by atoms with Crippen molar-refractivity contribution in [2.75, 3.05) is 6.54 Å². The summed E-state index contributed by atoms with van der Waals surface area (Å²) in [6, 6.07) is 6.21. The summed E-state index contributed by atoms with van der Waals surface area (Å²) in [7, 11) is 0. The molecule has 3 heteroatoms. The Morgan fingerprint density at radius 2 is 1.94 bits per heavy atom. The first kappa shape index (κ1) is 12.1. The van der Waals surface area contributed by atoms with Crippen LogP contribution in [0.2, 0.25) is 0 Å². The molecule has 0 saturated heterocycles. The topological polar surface area (TPSA) is 20.3 Å². The number of halogens is 1. The number of carbonyl (C=O) groups is 1. The zero-order valence-electron chi connectivity index (χ0n) is 10.3. The van der Waals surface area contributed by atoms with E-state index in [2.05, 4.69) is 13.8 Å². The van der Waals surface area contributed by atoms with Gasteiger partial charge in [-0.05, 0) is 43.0 Å². The zero-order chi connectivity index (χ0) is 12.4. The molecule has 1 aliphatic carbocycles. The van der Waals surface area contributed by atoms with E-state index >= 15 is 0 Å². The molecule has 17 heavy (non-hydrogen) atoms. The molecule has 2 rings (SSSR count). The van der Waals surface area contributed by atoms with E-state index in [9.17, 15) is 9.18 Å². The molecule has 1 saturated carbocycles. The molecule has 1 aromatic rings. The molecule has 0 atom stereocenters. The lowest BCUT2D eigenvalue weighted by Gasteiger charge is -2.24. The predicted molar refractivity (Wildman–Crippen MR) is 65.3 cm³/mol. The van der Waals surface area contributed by atoms with Crippen LogP contribution in [0.5, 0.6) is 0 Å². The van der Waals surface area contributed by atoms with Crippen LogP contribution in [-0.4, -0.2) is 23.4 Å². The quantitative estimate of drug-likeness (QED) is 0.785. The van der Waals surface area contributed by atoms with Crippen LogP contribution in [0.4, 0.5) is 4.39 Å². The minimum absolute atomic E-state index is 0.0289. The number of nitrogens with zero attached hydrogens (tertiary/aromatic N) is 1. The summed E-state index contributed by atoms with van der Waals surface area (Å²) in [5.74, 6) is 0.185. The van der Waals surface area contributed by atoms with Crippen molar-refractivity contribution in [2.45, 2.75) is 32.7 Å². The molecule has 0 aromatic heterocycles. The zero-order valence-corrected chi connectivity index (χ0v) is 10.3. The molecule has 1 aliphatic rings. The van der Waals surface area contributed by atoms with E-state index in [4.69, 9.17) is 0 Å². The van der Waals surface area contributed by atoms with Crippen molar-refractivity contribution in [2.24, 2.45) is 5.92 Å². The number of amides is 1. The summed E-state index contributed by atoms with van der Waals surface area (Å²) in [5.41, 5.74) is 0.582. The maximum atomic E-state index is 12.8. The molecule has 0 N–H and O–H groups in total. The maximum Gasteiger partial charge on any atom is 0.254 e. The fourth-order valence-corrected chi connectivity index (χ4v) is 1.94. The Bertz CT molecular complexity index is 395. The summed E-state index contributed by atoms with van der Waals surface area (Å²) in [6.45, 7) is 4.99. The molecule has 0 spiro atoms. The van der Waals surface area contributed by atoms with Crippen molar-refractivity contribution >= 4 is 5.91 Å². The average molecular weight is 235 g/mol. The Labute approximate surface area is 101 Å². The van der Waals surface area contributed by atoms with Gasteiger partial charge in [-0.25, -0.2) is 4.39 Å². The van der Waals surface area contributed by atoms with Gasteiger partial charge in [-0.2, -0.15) is 0 Å². The van der Waals surface area contributed by atoms with Gasteiger partial charge in [-0.15, -0.1) is 0 Å². The van der Waals surface area contributed by atoms with Gasteiger partial charge in [0.25, 0.3) is 5.91 Å². The molecular formula is C14H18FNO. The number of hydrogen-bond donors (Lipinski definition) is 0. The van der Waals surface area contributed by atoms with Gasteiger partial charge in [-0.3, -0.25) is 4.79 Å². The average Bonchev–Trinajstić information content (AvgIpc) is 3.09. The molecule has 1 amide bonds. The fourth-order valence-electron chi connectivity index (χ4n) is 1.94. The lowest BCUT2D eigenvalue weighted by molar-refractivity contribution is 0.0722. The summed E-state index contributed by atoms with van der Waals surface area (Å²) in [4.78, 5) is 14.2. The van der Waals surface area contributed by atoms with E-state index in [-0.39, 0.29) is 11.7 Å². The SMILES string of the molecule is CC(C)CN(C(=O)c1ccc(F)cc1)C1CC1. The van der Waals surface area contributed by atoms with E-state index in [1.165, 1.54) is 12.1 Å². The van der Waals surface area contributed by atoms with Crippen LogP contribution in [0.3, 0.4) is 0 Å². The highest BCUT2D eigenvalue weighted by atomic mass is 19.1. The molecule has 0 radical (unpaired) electrons. The van der Waals surface area contributed by atoms with Crippen LogP contribution in [0.15, 0.2) is 24.3 Å². The molecule has 1 fully saturated rings. The van der Waals surface area contributed by atoms with Gasteiger partial charge in [0.05, 0.1) is 0 Å². The lowest BCUT2D eigenvalue weighted by atomic mass is 10.1. The first-order valence-corrected chi connectivity index (χ1v) is 6.14. The number of hydrogen-bond acceptors (Lipinski definition) is 1. The van der Waals surface area contributed by atoms with Crippen molar-refractivity contribution in [1.29, 1.82) is 0 Å². The number of rotatable bonds is 4. The van der Waals surface area contributed by atoms with Crippen LogP contribution in [0, 0.1) is 11.7 Å². The largest absolute Gasteiger partial charge is 0.335 e. The van der Waals surface area contributed by atoms with Gasteiger partial charge in [0.15, 0.2) is 0 Å². The van der Waals surface area contributed by atoms with Gasteiger partial charge >= 0.3 is 0 Å². The number of carbonyl (C=O) groups excluding carboxylic acids is 1. The Kier molecular flexibility index (Phi) is 3.46. The Balaban J connectivity index is 2.12. The normalized spacial score (nSPS) is 15.1. The second-order valence-electron chi connectivity index (χ2n) is 5.09. The van der Waals surface area contributed by atoms with Crippen LogP contribution < -0.4 is 0 Å². The molecule has 0 heterocycles. The van der Waals surface area contributed by atoms with Crippen molar-refractivity contribution in [1.82, 2.24) is 4.90 Å². The molecule has 1 aromatic carbocycles. The van der Waals surface area contributed by atoms with E-state index in [0.717, 1.165) is 19.4 Å². The fraction of sp³-hybridized carbons (Fsp3) is 0.500. The molecule has 0 unspecified atom stereocenters. The van der Waals surface area contributed by atoms with E-state index in [1.807, 2.05) is 4.90 Å². The third-order valence-electron chi connectivity index (χ3n) is 2.90. The third-order valence-corrected chi connectivity index (χ3v) is 2.90. The maximum absolute atomic E-state index is 12.8. The van der Waals surface area contributed by atoms with E-state index in [0.29, 0.717) is 17.5 Å². The van der Waals surface area contributed by atoms with Crippen LogP contribution >= 0.6 is 0 Å². The second-order valence-corrected chi connectivity index (χ2v) is 5.09. The van der Waals surface area contributed by atoms with Crippen molar-refractivity contribution in [3.05, 3.63) is 35.6 Å². The minimum Gasteiger partial charge on any atom is -0.335 e. The highest BCUT2D eigenvalue weighted by Crippen LogP contribution is 2.29. The number of benzene rings is 1. The van der Waals surface area contributed by atoms with Gasteiger partial charge in [0.2, 0.25) is 0 Å². The molecule has 0 bridgehead atoms. The standard InChI is InChI=1S/C14H18FNO/c1-10(2)9-16(13-7-8-13)14(17)11-3-5-12(15)6-4-11/h3-6,10,13H,7-9H2,1-2H3. The predicted octanol–water partition coefficient (Wildman–Crippen LogP) is 3.09. The molecule has 0 aliphatic heterocycles. The first-order chi connectivity index (χ1) is 8.08. The summed E-state index contributed by atoms with van der Waals surface area (Å²) < 4.78 is 12.8. The van der Waals surface area contributed by atoms with Gasteiger partial charge < -0.3 is 4.90 Å². The molecule has 92 valence electrons. The third kappa shape index (κ3) is 3.05. The van der Waals surface area contributed by atoms with Gasteiger partial charge in [-0.1, -0.05) is 13.8 Å². The second kappa shape index (κ2) is 4.86. The smallest absolute Gasteiger partial charge is 0.254 e. The Morgan fingerprint density at radius 1 is 1.35 bits per heavy atom. The first-order valence-electron chi connectivity index (χ1n) is 6.14. The van der Waals surface area contributed by atoms with Crippen molar-refractivity contribution in [3.63, 3.8) is 0 Å². The van der Waals surface area contributed by atoms with Crippen LogP contribution in [0.25, 0.3) is 0 Å². The van der Waals surface area contributed by atoms with Gasteiger partial charge in [0, 0.05) is 18.2 Å². The Morgan fingerprint density at radius 3 is 2.41 bits per heavy atom. The highest BCUT2D eigenvalue weighted by Gasteiger charge is 2.33. The highest BCUT2D eigenvalue weighted by molar-refractivity contribution is 5.94. The van der Waals surface area contributed by atoms with Crippen LogP contribution in [0.1, 0.15) is 37.0 Å². The Hall–Kier alpha value is -1.38. The summed E-state index contributed by atoms with van der Waals surface area (Å²) in [5, 5.41) is 0. The van der Waals surface area contributed by atoms with Crippen LogP contribution in [-0.2, 0) is 0 Å². The van der Waals surface area contributed by atoms with E-state index < -0.39 is 0 Å². The monoisotopic (exact) mass is 235 g/mol. The summed E-state index contributed by atoms with van der Waals surface area (Å²) >= 11 is 0. The van der Waals surface area contributed by atoms with Gasteiger partial charge in [0.1, 0.15) is 5.82 Å². The lowest BCUT2D eigenvalue weighted by Crippen LogP contribution is -2.36. The summed E-state index contributed by atoms with van der Waals surface area (Å²) in [6.07, 6.45) is 2.19. The molecule has 2 nitrogen and oxygen atoms in total. The van der Waals surface area contributed by atoms with E-state index in [1.54, 1.807) is 12.1 Å². The minimum atomic E-state index is -0.302. The van der Waals surface area contributed by atoms with Crippen molar-refractivity contribution in [3.8, 4) is 0 Å². The van der Waals surface area contributed by atoms with Crippen molar-refractivity contribution < 1.29 is 9.18 Å². The molecular weight excluding hydrogens is 217 g/mol.